The van der Waals surface area contributed by atoms with Gasteiger partial charge in [0.15, 0.2) is 11.5 Å². The van der Waals surface area contributed by atoms with E-state index in [0.717, 1.165) is 43.2 Å². The number of aryl methyl sites for hydroxylation is 2. The van der Waals surface area contributed by atoms with Gasteiger partial charge in [0.2, 0.25) is 0 Å². The van der Waals surface area contributed by atoms with Gasteiger partial charge in [-0.05, 0) is 79.3 Å². The van der Waals surface area contributed by atoms with Crippen molar-refractivity contribution in [2.45, 2.75) is 191 Å². The SMILES string of the molecule is CCCCCCCCCCCCCCc1ccc(Oc2ccccc2S(=O)(=O)O)c(O)c1.CCCCCCCCCCCCCCc1ccc(Oc2ccccc2S(=O)(=O)[O-])c([O-])c1.[Ca+2]. The van der Waals surface area contributed by atoms with Gasteiger partial charge in [-0.25, -0.2) is 8.42 Å². The molecule has 0 saturated heterocycles. The smallest absolute Gasteiger partial charge is 0.870 e. The van der Waals surface area contributed by atoms with Gasteiger partial charge in [0, 0.05) is 0 Å². The number of rotatable bonds is 32. The number of para-hydroxylation sites is 2. The molecule has 356 valence electrons. The van der Waals surface area contributed by atoms with Gasteiger partial charge >= 0.3 is 37.7 Å². The van der Waals surface area contributed by atoms with Crippen molar-refractivity contribution in [1.82, 2.24) is 0 Å². The second-order valence-electron chi connectivity index (χ2n) is 16.9. The van der Waals surface area contributed by atoms with Crippen LogP contribution in [0.15, 0.2) is 94.7 Å². The first-order chi connectivity index (χ1) is 30.8. The molecule has 0 aliphatic carbocycles. The van der Waals surface area contributed by atoms with Crippen LogP contribution < -0.4 is 14.6 Å². The zero-order valence-corrected chi connectivity index (χ0v) is 43.0. The van der Waals surface area contributed by atoms with Crippen molar-refractivity contribution in [3.05, 3.63) is 96.1 Å². The van der Waals surface area contributed by atoms with Crippen molar-refractivity contribution >= 4 is 58.0 Å². The molecule has 2 N–H and O–H groups in total. The fourth-order valence-corrected chi connectivity index (χ4v) is 8.88. The Morgan fingerprint density at radius 1 is 0.462 bits per heavy atom. The molecule has 0 radical (unpaired) electrons. The molecule has 0 aliphatic heterocycles. The molecule has 4 aromatic carbocycles. The standard InChI is InChI=1S/2C26H38O5S.Ca/c2*1-2-3-4-5-6-7-8-9-10-11-12-13-16-22-19-20-24(23(27)21-22)31-25-17-14-15-18-26(25)32(28,29)30;/h2*14-15,17-21,27H,2-13,16H2,1H3,(H,28,29,30);/q;;+2/p-2. The number of hydrogen-bond donors (Lipinski definition) is 2. The van der Waals surface area contributed by atoms with Crippen LogP contribution in [0.2, 0.25) is 0 Å². The maximum absolute atomic E-state index is 12.4. The Hall–Kier alpha value is -2.84. The van der Waals surface area contributed by atoms with Crippen LogP contribution in [0.4, 0.5) is 0 Å². The summed E-state index contributed by atoms with van der Waals surface area (Å²) < 4.78 is 77.4. The van der Waals surface area contributed by atoms with Crippen LogP contribution >= 0.6 is 0 Å². The van der Waals surface area contributed by atoms with E-state index in [1.54, 1.807) is 30.3 Å². The van der Waals surface area contributed by atoms with Gasteiger partial charge in [0.25, 0.3) is 10.1 Å². The molecule has 65 heavy (non-hydrogen) atoms. The molecule has 0 fully saturated rings. The number of benzene rings is 4. The summed E-state index contributed by atoms with van der Waals surface area (Å²) in [5.74, 6) is -0.363. The number of phenols is 1. The summed E-state index contributed by atoms with van der Waals surface area (Å²) in [6.07, 6.45) is 32.9. The molecule has 4 aromatic rings. The van der Waals surface area contributed by atoms with E-state index in [2.05, 4.69) is 13.8 Å². The molecular formula is C52H74CaO10S2. The fraction of sp³-hybridized carbons (Fsp3) is 0.538. The molecule has 13 heteroatoms. The molecule has 0 spiro atoms. The van der Waals surface area contributed by atoms with Crippen LogP contribution in [0, 0.1) is 0 Å². The van der Waals surface area contributed by atoms with E-state index in [1.807, 2.05) is 12.1 Å². The summed E-state index contributed by atoms with van der Waals surface area (Å²) in [7, 11) is -9.09. The number of phenolic OH excluding ortho intramolecular Hbond substituents is 1. The summed E-state index contributed by atoms with van der Waals surface area (Å²) in [5.41, 5.74) is 1.96. The average molecular weight is 963 g/mol. The third-order valence-electron chi connectivity index (χ3n) is 11.4. The summed E-state index contributed by atoms with van der Waals surface area (Å²) in [5, 5.41) is 22.7. The molecule has 0 bridgehead atoms. The van der Waals surface area contributed by atoms with Gasteiger partial charge in [-0.1, -0.05) is 203 Å². The molecular weight excluding hydrogens is 889 g/mol. The van der Waals surface area contributed by atoms with E-state index in [1.165, 1.54) is 177 Å². The molecule has 0 heterocycles. The van der Waals surface area contributed by atoms with Crippen molar-refractivity contribution in [2.75, 3.05) is 0 Å². The Balaban J connectivity index is 0.000000440. The van der Waals surface area contributed by atoms with Crippen LogP contribution in [0.25, 0.3) is 0 Å². The zero-order valence-electron chi connectivity index (χ0n) is 39.2. The normalized spacial score (nSPS) is 11.4. The number of ether oxygens (including phenoxy) is 2. The van der Waals surface area contributed by atoms with E-state index in [0.29, 0.717) is 0 Å². The average Bonchev–Trinajstić information content (AvgIpc) is 3.26. The van der Waals surface area contributed by atoms with Crippen molar-refractivity contribution in [3.8, 4) is 34.5 Å². The number of aromatic hydroxyl groups is 1. The topological polar surface area (TPSA) is 173 Å². The van der Waals surface area contributed by atoms with Crippen molar-refractivity contribution in [3.63, 3.8) is 0 Å². The minimum atomic E-state index is -4.68. The first-order valence-corrected chi connectivity index (χ1v) is 26.8. The van der Waals surface area contributed by atoms with Gasteiger partial charge in [0.1, 0.15) is 32.3 Å². The minimum absolute atomic E-state index is 0. The Morgan fingerprint density at radius 3 is 1.22 bits per heavy atom. The van der Waals surface area contributed by atoms with Crippen LogP contribution in [0.3, 0.4) is 0 Å². The summed E-state index contributed by atoms with van der Waals surface area (Å²) >= 11 is 0. The van der Waals surface area contributed by atoms with Gasteiger partial charge in [-0.15, -0.1) is 0 Å². The molecule has 0 aliphatic rings. The maximum Gasteiger partial charge on any atom is 2.00 e. The fourth-order valence-electron chi connectivity index (χ4n) is 7.66. The van der Waals surface area contributed by atoms with Crippen molar-refractivity contribution in [1.29, 1.82) is 0 Å². The first kappa shape index (κ1) is 58.3. The largest absolute Gasteiger partial charge is 2.00 e. The van der Waals surface area contributed by atoms with E-state index < -0.39 is 25.1 Å². The minimum Gasteiger partial charge on any atom is -0.870 e. The summed E-state index contributed by atoms with van der Waals surface area (Å²) in [6, 6.07) is 21.4. The predicted molar refractivity (Wildman–Crippen MR) is 260 cm³/mol. The summed E-state index contributed by atoms with van der Waals surface area (Å²) in [6.45, 7) is 4.50. The first-order valence-electron chi connectivity index (χ1n) is 23.9. The van der Waals surface area contributed by atoms with E-state index in [-0.39, 0.29) is 77.1 Å². The number of hydrogen-bond acceptors (Lipinski definition) is 9. The quantitative estimate of drug-likeness (QED) is 0.0272. The predicted octanol–water partition coefficient (Wildman–Crippen LogP) is 14.0. The second-order valence-corrected chi connectivity index (χ2v) is 19.6. The molecule has 0 atom stereocenters. The summed E-state index contributed by atoms with van der Waals surface area (Å²) in [4.78, 5) is -0.806. The zero-order chi connectivity index (χ0) is 46.5. The van der Waals surface area contributed by atoms with Crippen LogP contribution in [-0.4, -0.2) is 68.8 Å². The van der Waals surface area contributed by atoms with E-state index in [4.69, 9.17) is 9.47 Å². The number of unbranched alkanes of at least 4 members (excludes halogenated alkanes) is 22. The van der Waals surface area contributed by atoms with Crippen LogP contribution in [0.1, 0.15) is 179 Å². The van der Waals surface area contributed by atoms with Gasteiger partial charge < -0.3 is 24.2 Å². The molecule has 0 saturated carbocycles. The third-order valence-corrected chi connectivity index (χ3v) is 13.1. The molecule has 0 aromatic heterocycles. The maximum atomic E-state index is 12.4. The van der Waals surface area contributed by atoms with Crippen molar-refractivity contribution < 1.29 is 45.6 Å². The van der Waals surface area contributed by atoms with Gasteiger partial charge in [-0.3, -0.25) is 4.55 Å². The Kier molecular flexibility index (Phi) is 30.1. The van der Waals surface area contributed by atoms with Crippen molar-refractivity contribution in [2.24, 2.45) is 0 Å². The van der Waals surface area contributed by atoms with Gasteiger partial charge in [-0.2, -0.15) is 8.42 Å². The van der Waals surface area contributed by atoms with E-state index in [9.17, 15) is 36.2 Å². The molecule has 10 nitrogen and oxygen atoms in total. The molecule has 0 amide bonds. The molecule has 4 rings (SSSR count). The van der Waals surface area contributed by atoms with Crippen LogP contribution in [-0.2, 0) is 33.1 Å². The van der Waals surface area contributed by atoms with Crippen LogP contribution in [0.5, 0.6) is 34.5 Å². The Labute approximate surface area is 421 Å². The monoisotopic (exact) mass is 962 g/mol. The molecule has 0 unspecified atom stereocenters. The second kappa shape index (κ2) is 33.6. The Bertz CT molecular complexity index is 1970. The van der Waals surface area contributed by atoms with E-state index >= 15 is 0 Å². The van der Waals surface area contributed by atoms with Gasteiger partial charge in [0.05, 0.1) is 4.90 Å². The Morgan fingerprint density at radius 2 is 0.815 bits per heavy atom. The third kappa shape index (κ3) is 24.7.